The molecule has 4 rings (SSSR count). The Kier molecular flexibility index (Phi) is 5.45. The molecule has 0 bridgehead atoms. The number of para-hydroxylation sites is 1. The first kappa shape index (κ1) is 19.3. The minimum Gasteiger partial charge on any atom is -0.307 e. The maximum Gasteiger partial charge on any atom is 0.323 e. The second-order valence-corrected chi connectivity index (χ2v) is 7.99. The van der Waals surface area contributed by atoms with E-state index in [-0.39, 0.29) is 5.69 Å². The monoisotopic (exact) mass is 472 g/mol. The molecule has 2 N–H and O–H groups in total. The third kappa shape index (κ3) is 4.38. The van der Waals surface area contributed by atoms with Gasteiger partial charge in [-0.1, -0.05) is 39.8 Å². The number of nitrogens with zero attached hydrogens (tertiary/aromatic N) is 4. The van der Waals surface area contributed by atoms with Crippen molar-refractivity contribution in [1.29, 1.82) is 0 Å². The van der Waals surface area contributed by atoms with Crippen LogP contribution in [0.3, 0.4) is 0 Å². The fraction of sp³-hybridized carbons (Fsp3) is 0.0526. The molecular weight excluding hydrogens is 459 g/mol. The number of rotatable bonds is 4. The number of aryl methyl sites for hydroxylation is 1. The molecule has 146 valence electrons. The fourth-order valence-corrected chi connectivity index (χ4v) is 3.99. The molecule has 10 heteroatoms. The lowest BCUT2D eigenvalue weighted by Crippen LogP contribution is -2.20. The van der Waals surface area contributed by atoms with Crippen molar-refractivity contribution in [2.24, 2.45) is 0 Å². The number of hydrogen-bond acceptors (Lipinski definition) is 5. The highest BCUT2D eigenvalue weighted by atomic mass is 79.9. The lowest BCUT2D eigenvalue weighted by Gasteiger charge is -2.13. The first-order valence-electron chi connectivity index (χ1n) is 8.47. The Morgan fingerprint density at radius 3 is 2.76 bits per heavy atom. The smallest absolute Gasteiger partial charge is 0.307 e. The number of anilines is 2. The van der Waals surface area contributed by atoms with Crippen LogP contribution < -0.4 is 10.6 Å². The minimum absolute atomic E-state index is 0.0879. The van der Waals surface area contributed by atoms with Crippen LogP contribution in [0.1, 0.15) is 5.69 Å². The van der Waals surface area contributed by atoms with E-state index in [4.69, 9.17) is 0 Å². The van der Waals surface area contributed by atoms with Crippen molar-refractivity contribution >= 4 is 50.9 Å². The molecule has 0 aliphatic rings. The van der Waals surface area contributed by atoms with E-state index in [1.807, 2.05) is 31.2 Å². The third-order valence-corrected chi connectivity index (χ3v) is 5.45. The van der Waals surface area contributed by atoms with E-state index in [1.165, 1.54) is 30.2 Å². The highest BCUT2D eigenvalue weighted by Crippen LogP contribution is 2.33. The Hall–Kier alpha value is -2.98. The predicted octanol–water partition coefficient (Wildman–Crippen LogP) is 5.13. The van der Waals surface area contributed by atoms with Crippen LogP contribution in [-0.4, -0.2) is 25.6 Å². The van der Waals surface area contributed by atoms with Gasteiger partial charge in [-0.05, 0) is 43.3 Å². The van der Waals surface area contributed by atoms with E-state index in [1.54, 1.807) is 16.6 Å². The molecular formula is C19H14BrFN6OS. The van der Waals surface area contributed by atoms with Gasteiger partial charge in [0.2, 0.25) is 0 Å². The summed E-state index contributed by atoms with van der Waals surface area (Å²) in [6.07, 6.45) is 1.44. The molecule has 0 radical (unpaired) electrons. The van der Waals surface area contributed by atoms with Crippen LogP contribution in [0.4, 0.5) is 20.6 Å². The number of carbonyl (C=O) groups is 1. The predicted molar refractivity (Wildman–Crippen MR) is 113 cm³/mol. The molecule has 2 amide bonds. The number of amides is 2. The zero-order valence-electron chi connectivity index (χ0n) is 15.1. The summed E-state index contributed by atoms with van der Waals surface area (Å²) in [6, 6.07) is 13.1. The van der Waals surface area contributed by atoms with Crippen LogP contribution in [0, 0.1) is 12.7 Å². The lowest BCUT2D eigenvalue weighted by atomic mass is 10.3. The van der Waals surface area contributed by atoms with Gasteiger partial charge in [-0.15, -0.1) is 0 Å². The largest absolute Gasteiger partial charge is 0.323 e. The zero-order chi connectivity index (χ0) is 20.4. The Morgan fingerprint density at radius 2 is 1.93 bits per heavy atom. The van der Waals surface area contributed by atoms with Crippen molar-refractivity contribution < 1.29 is 9.18 Å². The molecule has 7 nitrogen and oxygen atoms in total. The quantitative estimate of drug-likeness (QED) is 0.402. The van der Waals surface area contributed by atoms with Gasteiger partial charge in [0.05, 0.1) is 11.4 Å². The number of halogens is 2. The second kappa shape index (κ2) is 8.18. The molecule has 0 atom stereocenters. The van der Waals surface area contributed by atoms with Gasteiger partial charge in [0.25, 0.3) is 5.78 Å². The normalized spacial score (nSPS) is 10.9. The van der Waals surface area contributed by atoms with E-state index in [0.717, 1.165) is 15.6 Å². The van der Waals surface area contributed by atoms with Crippen molar-refractivity contribution in [3.63, 3.8) is 0 Å². The average molecular weight is 473 g/mol. The molecule has 0 saturated heterocycles. The molecule has 2 aromatic carbocycles. The van der Waals surface area contributed by atoms with Crippen molar-refractivity contribution in [2.75, 3.05) is 10.6 Å². The van der Waals surface area contributed by atoms with Gasteiger partial charge in [0, 0.05) is 15.1 Å². The summed E-state index contributed by atoms with van der Waals surface area (Å²) in [5.41, 5.74) is 1.47. The maximum absolute atomic E-state index is 14.0. The number of aromatic nitrogens is 4. The average Bonchev–Trinajstić information content (AvgIpc) is 3.14. The number of urea groups is 1. The van der Waals surface area contributed by atoms with Crippen molar-refractivity contribution in [1.82, 2.24) is 19.6 Å². The lowest BCUT2D eigenvalue weighted by molar-refractivity contribution is 0.262. The summed E-state index contributed by atoms with van der Waals surface area (Å²) in [5, 5.41) is 10.3. The summed E-state index contributed by atoms with van der Waals surface area (Å²) in [4.78, 5) is 21.6. The molecule has 4 aromatic rings. The molecule has 0 saturated carbocycles. The summed E-state index contributed by atoms with van der Waals surface area (Å²) < 4.78 is 16.2. The maximum atomic E-state index is 14.0. The zero-order valence-corrected chi connectivity index (χ0v) is 17.5. The number of carbonyl (C=O) groups excluding carboxylic acids is 1. The number of hydrogen-bond donors (Lipinski definition) is 2. The first-order valence-corrected chi connectivity index (χ1v) is 10.1. The molecule has 2 heterocycles. The van der Waals surface area contributed by atoms with Gasteiger partial charge in [-0.2, -0.15) is 14.6 Å². The van der Waals surface area contributed by atoms with E-state index in [9.17, 15) is 9.18 Å². The SMILES string of the molecule is Cc1cc(Sc2ccccc2NC(=O)Nc2ccc(Br)cc2F)n2ncnc2n1. The Bertz CT molecular complexity index is 1210. The molecule has 29 heavy (non-hydrogen) atoms. The van der Waals surface area contributed by atoms with Crippen LogP contribution in [0.2, 0.25) is 0 Å². The van der Waals surface area contributed by atoms with E-state index in [0.29, 0.717) is 15.9 Å². The minimum atomic E-state index is -0.545. The van der Waals surface area contributed by atoms with Crippen molar-refractivity contribution in [3.05, 3.63) is 70.8 Å². The highest BCUT2D eigenvalue weighted by Gasteiger charge is 2.13. The first-order chi connectivity index (χ1) is 14.0. The number of nitrogens with one attached hydrogen (secondary N) is 2. The summed E-state index contributed by atoms with van der Waals surface area (Å²) in [5.74, 6) is -0.0283. The van der Waals surface area contributed by atoms with E-state index >= 15 is 0 Å². The number of benzene rings is 2. The molecule has 0 aliphatic carbocycles. The summed E-state index contributed by atoms with van der Waals surface area (Å²) in [7, 11) is 0. The highest BCUT2D eigenvalue weighted by molar-refractivity contribution is 9.10. The van der Waals surface area contributed by atoms with Crippen LogP contribution in [0.25, 0.3) is 5.78 Å². The third-order valence-electron chi connectivity index (χ3n) is 3.88. The Labute approximate surface area is 177 Å². The second-order valence-electron chi connectivity index (χ2n) is 6.01. The van der Waals surface area contributed by atoms with Crippen molar-refractivity contribution in [3.8, 4) is 0 Å². The van der Waals surface area contributed by atoms with Gasteiger partial charge in [-0.25, -0.2) is 14.2 Å². The Morgan fingerprint density at radius 1 is 1.14 bits per heavy atom. The van der Waals surface area contributed by atoms with E-state index in [2.05, 4.69) is 41.6 Å². The van der Waals surface area contributed by atoms with Gasteiger partial charge >= 0.3 is 6.03 Å². The van der Waals surface area contributed by atoms with Gasteiger partial charge in [0.1, 0.15) is 17.2 Å². The molecule has 2 aromatic heterocycles. The van der Waals surface area contributed by atoms with Gasteiger partial charge < -0.3 is 10.6 Å². The fourth-order valence-electron chi connectivity index (χ4n) is 2.61. The summed E-state index contributed by atoms with van der Waals surface area (Å²) >= 11 is 4.60. The standard InChI is InChI=1S/C19H14BrFN6OS/c1-11-8-17(27-18(24-11)22-10-23-27)29-16-5-3-2-4-15(16)26-19(28)25-14-7-6-12(20)9-13(14)21/h2-10H,1H3,(H2,25,26,28). The van der Waals surface area contributed by atoms with Crippen LogP contribution in [0.15, 0.2) is 69.3 Å². The van der Waals surface area contributed by atoms with Crippen LogP contribution >= 0.6 is 27.7 Å². The topological polar surface area (TPSA) is 84.2 Å². The van der Waals surface area contributed by atoms with Crippen LogP contribution in [-0.2, 0) is 0 Å². The summed E-state index contributed by atoms with van der Waals surface area (Å²) in [6.45, 7) is 1.88. The van der Waals surface area contributed by atoms with Crippen molar-refractivity contribution in [2.45, 2.75) is 16.8 Å². The molecule has 0 spiro atoms. The van der Waals surface area contributed by atoms with E-state index < -0.39 is 11.8 Å². The number of fused-ring (bicyclic) bond motifs is 1. The molecule has 0 aliphatic heterocycles. The van der Waals surface area contributed by atoms with Gasteiger partial charge in [0.15, 0.2) is 0 Å². The molecule has 0 unspecified atom stereocenters. The molecule has 0 fully saturated rings. The van der Waals surface area contributed by atoms with Gasteiger partial charge in [-0.3, -0.25) is 0 Å². The Balaban J connectivity index is 1.56. The van der Waals surface area contributed by atoms with Crippen LogP contribution in [0.5, 0.6) is 0 Å².